The molecule has 0 aliphatic rings. The molecule has 0 N–H and O–H groups in total. The zero-order chi connectivity index (χ0) is 9.45. The van der Waals surface area contributed by atoms with E-state index in [9.17, 15) is 4.57 Å². The fourth-order valence-electron chi connectivity index (χ4n) is 0.512. The summed E-state index contributed by atoms with van der Waals surface area (Å²) in [5.74, 6) is -1.02. The SMILES string of the molecule is CCSP(=O)(O/C=C/Cl)SCC. The van der Waals surface area contributed by atoms with E-state index in [-0.39, 0.29) is 0 Å². The summed E-state index contributed by atoms with van der Waals surface area (Å²) in [5.41, 5.74) is 1.22. The highest BCUT2D eigenvalue weighted by Crippen LogP contribution is 2.69. The van der Waals surface area contributed by atoms with Crippen molar-refractivity contribution in [3.63, 3.8) is 0 Å². The Bertz CT molecular complexity index is 176. The second-order valence-corrected chi connectivity index (χ2v) is 9.81. The van der Waals surface area contributed by atoms with Gasteiger partial charge in [-0.05, 0) is 22.8 Å². The number of rotatable bonds is 6. The average Bonchev–Trinajstić information content (AvgIpc) is 2.02. The Kier molecular flexibility index (Phi) is 7.65. The molecular formula is C6H12ClO2PS2. The van der Waals surface area contributed by atoms with Crippen molar-refractivity contribution in [1.82, 2.24) is 0 Å². The van der Waals surface area contributed by atoms with Crippen molar-refractivity contribution >= 4 is 40.1 Å². The Hall–Kier alpha value is 0.760. The molecule has 0 aliphatic heterocycles. The van der Waals surface area contributed by atoms with E-state index in [1.165, 1.54) is 34.6 Å². The maximum Gasteiger partial charge on any atom is 0.359 e. The molecular weight excluding hydrogens is 235 g/mol. The van der Waals surface area contributed by atoms with Crippen LogP contribution in [0.4, 0.5) is 0 Å². The summed E-state index contributed by atoms with van der Waals surface area (Å²) in [6.07, 6.45) is 1.27. The van der Waals surface area contributed by atoms with Crippen molar-refractivity contribution in [3.05, 3.63) is 11.8 Å². The maximum atomic E-state index is 11.8. The molecule has 0 amide bonds. The van der Waals surface area contributed by atoms with Crippen LogP contribution in [0, 0.1) is 0 Å². The molecule has 0 saturated carbocycles. The van der Waals surface area contributed by atoms with E-state index in [1.807, 2.05) is 13.8 Å². The second-order valence-electron chi connectivity index (χ2n) is 1.65. The van der Waals surface area contributed by atoms with E-state index >= 15 is 0 Å². The summed E-state index contributed by atoms with van der Waals surface area (Å²) in [6.45, 7) is 3.89. The zero-order valence-corrected chi connectivity index (χ0v) is 10.3. The lowest BCUT2D eigenvalue weighted by Crippen LogP contribution is -1.76. The Labute approximate surface area is 86.4 Å². The molecule has 0 heterocycles. The Morgan fingerprint density at radius 2 is 1.92 bits per heavy atom. The lowest BCUT2D eigenvalue weighted by molar-refractivity contribution is 0.474. The molecule has 0 radical (unpaired) electrons. The van der Waals surface area contributed by atoms with Crippen LogP contribution in [0.2, 0.25) is 0 Å². The molecule has 12 heavy (non-hydrogen) atoms. The molecule has 0 aromatic carbocycles. The second kappa shape index (κ2) is 7.19. The Morgan fingerprint density at radius 1 is 1.42 bits per heavy atom. The van der Waals surface area contributed by atoms with E-state index < -0.39 is 5.77 Å². The normalized spacial score (nSPS) is 12.2. The highest BCUT2D eigenvalue weighted by molar-refractivity contribution is 8.89. The zero-order valence-electron chi connectivity index (χ0n) is 7.03. The van der Waals surface area contributed by atoms with Crippen LogP contribution in [0.3, 0.4) is 0 Å². The summed E-state index contributed by atoms with van der Waals surface area (Å²) >= 11 is 7.92. The van der Waals surface area contributed by atoms with Gasteiger partial charge in [0.1, 0.15) is 6.26 Å². The third-order valence-electron chi connectivity index (χ3n) is 0.816. The van der Waals surface area contributed by atoms with Gasteiger partial charge in [-0.2, -0.15) is 0 Å². The van der Waals surface area contributed by atoms with Crippen molar-refractivity contribution in [2.75, 3.05) is 11.5 Å². The van der Waals surface area contributed by atoms with Crippen LogP contribution in [0.25, 0.3) is 0 Å². The molecule has 72 valence electrons. The van der Waals surface area contributed by atoms with Crippen LogP contribution < -0.4 is 0 Å². The molecule has 6 heteroatoms. The largest absolute Gasteiger partial charge is 0.436 e. The van der Waals surface area contributed by atoms with Crippen molar-refractivity contribution in [1.29, 1.82) is 0 Å². The molecule has 0 bridgehead atoms. The molecule has 0 spiro atoms. The number of hydrogen-bond acceptors (Lipinski definition) is 4. The van der Waals surface area contributed by atoms with Gasteiger partial charge in [0.25, 0.3) is 0 Å². The van der Waals surface area contributed by atoms with Crippen molar-refractivity contribution in [2.45, 2.75) is 13.8 Å². The van der Waals surface area contributed by atoms with Crippen LogP contribution in [0.1, 0.15) is 13.8 Å². The molecule has 0 fully saturated rings. The van der Waals surface area contributed by atoms with E-state index in [1.54, 1.807) is 0 Å². The van der Waals surface area contributed by atoms with Gasteiger partial charge in [-0.1, -0.05) is 25.4 Å². The Morgan fingerprint density at radius 3 is 2.25 bits per heavy atom. The first kappa shape index (κ1) is 12.8. The molecule has 0 rings (SSSR count). The van der Waals surface area contributed by atoms with E-state index in [0.717, 1.165) is 11.5 Å². The van der Waals surface area contributed by atoms with Gasteiger partial charge < -0.3 is 4.52 Å². The van der Waals surface area contributed by atoms with Gasteiger partial charge in [0, 0.05) is 17.0 Å². The highest BCUT2D eigenvalue weighted by Gasteiger charge is 2.22. The van der Waals surface area contributed by atoms with Gasteiger partial charge in [-0.25, -0.2) is 0 Å². The standard InChI is InChI=1S/C6H12ClO2PS2/c1-3-11-10(8,12-4-2)9-6-5-7/h5-6H,3-4H2,1-2H3/b6-5+. The minimum absolute atomic E-state index is 0.778. The predicted molar refractivity (Wildman–Crippen MR) is 59.9 cm³/mol. The van der Waals surface area contributed by atoms with Crippen LogP contribution in [0.15, 0.2) is 11.8 Å². The molecule has 0 aromatic heterocycles. The number of hydrogen-bond donors (Lipinski definition) is 0. The molecule has 0 aromatic rings. The van der Waals surface area contributed by atoms with Crippen LogP contribution >= 0.6 is 40.1 Å². The maximum absolute atomic E-state index is 11.8. The first-order chi connectivity index (χ1) is 5.68. The van der Waals surface area contributed by atoms with Crippen molar-refractivity contribution in [3.8, 4) is 0 Å². The van der Waals surface area contributed by atoms with Gasteiger partial charge in [-0.15, -0.1) is 0 Å². The lowest BCUT2D eigenvalue weighted by Gasteiger charge is -2.12. The summed E-state index contributed by atoms with van der Waals surface area (Å²) < 4.78 is 16.8. The minimum Gasteiger partial charge on any atom is -0.436 e. The molecule has 0 unspecified atom stereocenters. The van der Waals surface area contributed by atoms with Gasteiger partial charge in [0.05, 0.1) is 0 Å². The van der Waals surface area contributed by atoms with Crippen LogP contribution in [-0.2, 0) is 9.09 Å². The van der Waals surface area contributed by atoms with Crippen molar-refractivity contribution < 1.29 is 9.09 Å². The summed E-state index contributed by atoms with van der Waals surface area (Å²) in [6, 6.07) is 0. The average molecular weight is 247 g/mol. The summed E-state index contributed by atoms with van der Waals surface area (Å²) in [4.78, 5) is 0. The highest BCUT2D eigenvalue weighted by atomic mass is 35.5. The molecule has 0 atom stereocenters. The van der Waals surface area contributed by atoms with E-state index in [0.29, 0.717) is 0 Å². The third-order valence-corrected chi connectivity index (χ3v) is 8.31. The fourth-order valence-corrected chi connectivity index (χ4v) is 7.03. The van der Waals surface area contributed by atoms with Gasteiger partial charge in [0.2, 0.25) is 0 Å². The smallest absolute Gasteiger partial charge is 0.359 e. The van der Waals surface area contributed by atoms with Crippen molar-refractivity contribution in [2.24, 2.45) is 0 Å². The fraction of sp³-hybridized carbons (Fsp3) is 0.667. The quantitative estimate of drug-likeness (QED) is 0.515. The predicted octanol–water partition coefficient (Wildman–Crippen LogP) is 4.33. The minimum atomic E-state index is -2.57. The third kappa shape index (κ3) is 5.41. The van der Waals surface area contributed by atoms with E-state index in [2.05, 4.69) is 0 Å². The number of halogens is 1. The van der Waals surface area contributed by atoms with Crippen LogP contribution in [-0.4, -0.2) is 11.5 Å². The Balaban J connectivity index is 4.08. The topological polar surface area (TPSA) is 26.3 Å². The summed E-state index contributed by atoms with van der Waals surface area (Å²) in [7, 11) is 0. The molecule has 2 nitrogen and oxygen atoms in total. The molecule has 0 aliphatic carbocycles. The lowest BCUT2D eigenvalue weighted by atomic mass is 11.0. The first-order valence-corrected chi connectivity index (χ1v) is 8.75. The first-order valence-electron chi connectivity index (χ1n) is 3.51. The van der Waals surface area contributed by atoms with Crippen LogP contribution in [0.5, 0.6) is 0 Å². The summed E-state index contributed by atoms with van der Waals surface area (Å²) in [5, 5.41) is 0. The van der Waals surface area contributed by atoms with Gasteiger partial charge in [-0.3, -0.25) is 4.57 Å². The van der Waals surface area contributed by atoms with Gasteiger partial charge in [0.15, 0.2) is 0 Å². The van der Waals surface area contributed by atoms with Gasteiger partial charge >= 0.3 is 5.77 Å². The van der Waals surface area contributed by atoms with E-state index in [4.69, 9.17) is 16.1 Å². The molecule has 0 saturated heterocycles. The monoisotopic (exact) mass is 246 g/mol.